The Bertz CT molecular complexity index is 1030. The average molecular weight is 379 g/mol. The van der Waals surface area contributed by atoms with Gasteiger partial charge in [-0.25, -0.2) is 17.2 Å². The SMILES string of the molecule is Cc1cc(F)ccc1S(=O)(=O)NC(C)c1nc(-c2ccc(F)cc2)no1. The van der Waals surface area contributed by atoms with Crippen molar-refractivity contribution in [3.63, 3.8) is 0 Å². The third-order valence-corrected chi connectivity index (χ3v) is 5.37. The van der Waals surface area contributed by atoms with Crippen molar-refractivity contribution < 1.29 is 21.7 Å². The van der Waals surface area contributed by atoms with E-state index < -0.39 is 27.7 Å². The molecule has 3 aromatic rings. The molecule has 26 heavy (non-hydrogen) atoms. The first-order chi connectivity index (χ1) is 12.3. The first kappa shape index (κ1) is 18.2. The lowest BCUT2D eigenvalue weighted by molar-refractivity contribution is 0.354. The van der Waals surface area contributed by atoms with Crippen LogP contribution in [0, 0.1) is 18.6 Å². The van der Waals surface area contributed by atoms with Crippen molar-refractivity contribution in [2.24, 2.45) is 0 Å². The van der Waals surface area contributed by atoms with Crippen LogP contribution in [0.1, 0.15) is 24.4 Å². The average Bonchev–Trinajstić information content (AvgIpc) is 3.05. The Balaban J connectivity index is 1.81. The molecule has 0 amide bonds. The molecule has 0 bridgehead atoms. The normalized spacial score (nSPS) is 12.9. The van der Waals surface area contributed by atoms with E-state index in [-0.39, 0.29) is 22.2 Å². The predicted octanol–water partition coefficient (Wildman–Crippen LogP) is 3.36. The molecule has 0 aliphatic heterocycles. The molecule has 1 aromatic heterocycles. The highest BCUT2D eigenvalue weighted by Crippen LogP contribution is 2.22. The quantitative estimate of drug-likeness (QED) is 0.735. The summed E-state index contributed by atoms with van der Waals surface area (Å²) in [6.07, 6.45) is 0. The zero-order valence-electron chi connectivity index (χ0n) is 13.9. The summed E-state index contributed by atoms with van der Waals surface area (Å²) < 4.78 is 58.7. The highest BCUT2D eigenvalue weighted by molar-refractivity contribution is 7.89. The van der Waals surface area contributed by atoms with Gasteiger partial charge in [-0.2, -0.15) is 9.71 Å². The van der Waals surface area contributed by atoms with Gasteiger partial charge in [-0.3, -0.25) is 0 Å². The number of nitrogens with zero attached hydrogens (tertiary/aromatic N) is 2. The molecule has 0 fully saturated rings. The Hall–Kier alpha value is -2.65. The smallest absolute Gasteiger partial charge is 0.244 e. The lowest BCUT2D eigenvalue weighted by Gasteiger charge is -2.12. The third-order valence-electron chi connectivity index (χ3n) is 3.67. The molecule has 6 nitrogen and oxygen atoms in total. The number of benzene rings is 2. The highest BCUT2D eigenvalue weighted by atomic mass is 32.2. The van der Waals surface area contributed by atoms with Gasteiger partial charge in [-0.15, -0.1) is 0 Å². The lowest BCUT2D eigenvalue weighted by Crippen LogP contribution is -2.27. The minimum Gasteiger partial charge on any atom is -0.337 e. The van der Waals surface area contributed by atoms with E-state index in [2.05, 4.69) is 14.9 Å². The van der Waals surface area contributed by atoms with E-state index in [1.54, 1.807) is 6.92 Å². The summed E-state index contributed by atoms with van der Waals surface area (Å²) in [5.74, 6) is -0.653. The van der Waals surface area contributed by atoms with Crippen molar-refractivity contribution >= 4 is 10.0 Å². The monoisotopic (exact) mass is 379 g/mol. The van der Waals surface area contributed by atoms with Crippen LogP contribution in [-0.4, -0.2) is 18.6 Å². The van der Waals surface area contributed by atoms with Crippen LogP contribution in [0.5, 0.6) is 0 Å². The highest BCUT2D eigenvalue weighted by Gasteiger charge is 2.24. The molecule has 1 unspecified atom stereocenters. The molecule has 136 valence electrons. The summed E-state index contributed by atoms with van der Waals surface area (Å²) in [4.78, 5) is 4.10. The van der Waals surface area contributed by atoms with Crippen LogP contribution in [0.15, 0.2) is 51.9 Å². The second kappa shape index (κ2) is 6.93. The van der Waals surface area contributed by atoms with E-state index in [4.69, 9.17) is 4.52 Å². The summed E-state index contributed by atoms with van der Waals surface area (Å²) in [5, 5.41) is 3.78. The number of hydrogen-bond acceptors (Lipinski definition) is 5. The largest absolute Gasteiger partial charge is 0.337 e. The molecule has 0 saturated carbocycles. The number of rotatable bonds is 5. The number of halogens is 2. The van der Waals surface area contributed by atoms with E-state index in [1.165, 1.54) is 37.3 Å². The van der Waals surface area contributed by atoms with E-state index in [9.17, 15) is 17.2 Å². The molecular formula is C17H15F2N3O3S. The van der Waals surface area contributed by atoms with E-state index in [0.29, 0.717) is 5.56 Å². The van der Waals surface area contributed by atoms with Gasteiger partial charge in [-0.05, 0) is 61.9 Å². The molecule has 0 aliphatic carbocycles. The van der Waals surface area contributed by atoms with Gasteiger partial charge in [0.05, 0.1) is 10.9 Å². The van der Waals surface area contributed by atoms with Gasteiger partial charge in [-0.1, -0.05) is 5.16 Å². The van der Waals surface area contributed by atoms with Crippen LogP contribution >= 0.6 is 0 Å². The van der Waals surface area contributed by atoms with Crippen LogP contribution in [0.25, 0.3) is 11.4 Å². The molecule has 1 N–H and O–H groups in total. The fourth-order valence-electron chi connectivity index (χ4n) is 2.39. The predicted molar refractivity (Wildman–Crippen MR) is 89.6 cm³/mol. The number of aromatic nitrogens is 2. The van der Waals surface area contributed by atoms with Gasteiger partial charge >= 0.3 is 0 Å². The fraction of sp³-hybridized carbons (Fsp3) is 0.176. The van der Waals surface area contributed by atoms with Crippen LogP contribution < -0.4 is 4.72 Å². The van der Waals surface area contributed by atoms with Crippen molar-refractivity contribution in [3.05, 3.63) is 65.6 Å². The molecule has 1 atom stereocenters. The first-order valence-electron chi connectivity index (χ1n) is 7.64. The Morgan fingerprint density at radius 2 is 1.73 bits per heavy atom. The third kappa shape index (κ3) is 3.78. The van der Waals surface area contributed by atoms with E-state index in [0.717, 1.165) is 12.1 Å². The van der Waals surface area contributed by atoms with Crippen molar-refractivity contribution in [3.8, 4) is 11.4 Å². The standard InChI is InChI=1S/C17H15F2N3O3S/c1-10-9-14(19)7-8-15(10)26(23,24)22-11(2)17-20-16(21-25-17)12-3-5-13(18)6-4-12/h3-9,11,22H,1-2H3. The van der Waals surface area contributed by atoms with E-state index in [1.807, 2.05) is 0 Å². The molecular weight excluding hydrogens is 364 g/mol. The minimum atomic E-state index is -3.91. The summed E-state index contributed by atoms with van der Waals surface area (Å²) >= 11 is 0. The van der Waals surface area contributed by atoms with Crippen molar-refractivity contribution in [1.82, 2.24) is 14.9 Å². The summed E-state index contributed by atoms with van der Waals surface area (Å²) in [6, 6.07) is 8.08. The Morgan fingerprint density at radius 1 is 1.08 bits per heavy atom. The molecule has 0 spiro atoms. The zero-order valence-corrected chi connectivity index (χ0v) is 14.7. The maximum absolute atomic E-state index is 13.2. The van der Waals surface area contributed by atoms with Crippen LogP contribution in [-0.2, 0) is 10.0 Å². The zero-order chi connectivity index (χ0) is 18.9. The first-order valence-corrected chi connectivity index (χ1v) is 9.12. The van der Waals surface area contributed by atoms with Gasteiger partial charge in [0.25, 0.3) is 0 Å². The van der Waals surface area contributed by atoms with E-state index >= 15 is 0 Å². The van der Waals surface area contributed by atoms with Gasteiger partial charge < -0.3 is 4.52 Å². The maximum Gasteiger partial charge on any atom is 0.244 e. The van der Waals surface area contributed by atoms with Crippen molar-refractivity contribution in [2.75, 3.05) is 0 Å². The minimum absolute atomic E-state index is 0.0379. The summed E-state index contributed by atoms with van der Waals surface area (Å²) in [6.45, 7) is 3.04. The molecule has 0 saturated heterocycles. The van der Waals surface area contributed by atoms with Gasteiger partial charge in [0.1, 0.15) is 11.6 Å². The molecule has 2 aromatic carbocycles. The Labute approximate surface area is 148 Å². The lowest BCUT2D eigenvalue weighted by atomic mass is 10.2. The molecule has 0 radical (unpaired) electrons. The molecule has 0 aliphatic rings. The number of nitrogens with one attached hydrogen (secondary N) is 1. The topological polar surface area (TPSA) is 85.1 Å². The number of hydrogen-bond donors (Lipinski definition) is 1. The van der Waals surface area contributed by atoms with Gasteiger partial charge in [0.2, 0.25) is 21.7 Å². The van der Waals surface area contributed by atoms with Gasteiger partial charge in [0, 0.05) is 5.56 Å². The maximum atomic E-state index is 13.2. The van der Waals surface area contributed by atoms with Gasteiger partial charge in [0.15, 0.2) is 0 Å². The van der Waals surface area contributed by atoms with Crippen LogP contribution in [0.4, 0.5) is 8.78 Å². The van der Waals surface area contributed by atoms with Crippen LogP contribution in [0.3, 0.4) is 0 Å². The molecule has 1 heterocycles. The van der Waals surface area contributed by atoms with Crippen molar-refractivity contribution in [1.29, 1.82) is 0 Å². The number of aryl methyl sites for hydroxylation is 1. The van der Waals surface area contributed by atoms with Crippen LogP contribution in [0.2, 0.25) is 0 Å². The van der Waals surface area contributed by atoms with Crippen molar-refractivity contribution in [2.45, 2.75) is 24.8 Å². The second-order valence-corrected chi connectivity index (χ2v) is 7.40. The Kier molecular flexibility index (Phi) is 4.84. The Morgan fingerprint density at radius 3 is 2.38 bits per heavy atom. The number of sulfonamides is 1. The second-order valence-electron chi connectivity index (χ2n) is 5.72. The molecule has 9 heteroatoms. The fourth-order valence-corrected chi connectivity index (χ4v) is 3.81. The summed E-state index contributed by atoms with van der Waals surface area (Å²) in [5.41, 5.74) is 0.813. The summed E-state index contributed by atoms with van der Waals surface area (Å²) in [7, 11) is -3.91. The molecule has 3 rings (SSSR count).